The van der Waals surface area contributed by atoms with Crippen LogP contribution in [0.15, 0.2) is 77.7 Å². The first-order valence-electron chi connectivity index (χ1n) is 13.9. The molecule has 1 N–H and O–H groups in total. The zero-order chi connectivity index (χ0) is 31.4. The summed E-state index contributed by atoms with van der Waals surface area (Å²) >= 11 is 5.82. The third kappa shape index (κ3) is 7.69. The van der Waals surface area contributed by atoms with Crippen LogP contribution >= 0.6 is 11.6 Å². The van der Waals surface area contributed by atoms with Gasteiger partial charge in [-0.1, -0.05) is 66.9 Å². The van der Waals surface area contributed by atoms with Crippen LogP contribution in [0.5, 0.6) is 0 Å². The second kappa shape index (κ2) is 13.4. The summed E-state index contributed by atoms with van der Waals surface area (Å²) in [6.45, 7) is 2.53. The van der Waals surface area contributed by atoms with E-state index in [1.807, 2.05) is 19.1 Å². The molecule has 0 bridgehead atoms. The summed E-state index contributed by atoms with van der Waals surface area (Å²) in [6.07, 6.45) is -1.25. The Labute approximate surface area is 254 Å². The highest BCUT2D eigenvalue weighted by Gasteiger charge is 2.37. The number of nitrogens with one attached hydrogen (secondary N) is 1. The van der Waals surface area contributed by atoms with Crippen LogP contribution in [0, 0.1) is 6.92 Å². The van der Waals surface area contributed by atoms with Gasteiger partial charge in [0.05, 0.1) is 21.2 Å². The number of carbonyl (C=O) groups excluding carboxylic acids is 2. The molecule has 230 valence electrons. The molecule has 4 rings (SSSR count). The van der Waals surface area contributed by atoms with Crippen LogP contribution in [-0.2, 0) is 32.3 Å². The highest BCUT2D eigenvalue weighted by atomic mass is 35.5. The van der Waals surface area contributed by atoms with Crippen LogP contribution in [0.25, 0.3) is 0 Å². The molecule has 0 saturated heterocycles. The first-order valence-corrected chi connectivity index (χ1v) is 15.7. The van der Waals surface area contributed by atoms with E-state index >= 15 is 0 Å². The number of hydrogen-bond donors (Lipinski definition) is 1. The van der Waals surface area contributed by atoms with Gasteiger partial charge >= 0.3 is 6.18 Å². The third-order valence-corrected chi connectivity index (χ3v) is 9.74. The van der Waals surface area contributed by atoms with E-state index in [-0.39, 0.29) is 17.5 Å². The van der Waals surface area contributed by atoms with E-state index in [9.17, 15) is 31.2 Å². The number of amides is 2. The fourth-order valence-corrected chi connectivity index (χ4v) is 6.73. The minimum absolute atomic E-state index is 0.0155. The topological polar surface area (TPSA) is 86.8 Å². The van der Waals surface area contributed by atoms with Gasteiger partial charge in [0.2, 0.25) is 11.8 Å². The zero-order valence-corrected chi connectivity index (χ0v) is 25.3. The maximum Gasteiger partial charge on any atom is 0.417 e. The Balaban J connectivity index is 1.75. The van der Waals surface area contributed by atoms with Gasteiger partial charge in [-0.25, -0.2) is 8.42 Å². The van der Waals surface area contributed by atoms with E-state index in [0.29, 0.717) is 10.4 Å². The van der Waals surface area contributed by atoms with Gasteiger partial charge < -0.3 is 10.2 Å². The predicted molar refractivity (Wildman–Crippen MR) is 159 cm³/mol. The number of rotatable bonds is 10. The van der Waals surface area contributed by atoms with E-state index in [0.717, 1.165) is 48.9 Å². The molecule has 0 radical (unpaired) electrons. The highest BCUT2D eigenvalue weighted by molar-refractivity contribution is 7.92. The van der Waals surface area contributed by atoms with Crippen LogP contribution < -0.4 is 9.62 Å². The summed E-state index contributed by atoms with van der Waals surface area (Å²) in [5, 5.41) is 2.37. The molecular formula is C31H33ClF3N3O4S. The number of hydrogen-bond acceptors (Lipinski definition) is 4. The quantitative estimate of drug-likeness (QED) is 0.282. The van der Waals surface area contributed by atoms with Crippen LogP contribution in [0.2, 0.25) is 5.02 Å². The van der Waals surface area contributed by atoms with E-state index in [2.05, 4.69) is 5.32 Å². The predicted octanol–water partition coefficient (Wildman–Crippen LogP) is 6.34. The second-order valence-corrected chi connectivity index (χ2v) is 12.9. The molecule has 0 aromatic heterocycles. The van der Waals surface area contributed by atoms with Gasteiger partial charge in [0, 0.05) is 12.6 Å². The lowest BCUT2D eigenvalue weighted by atomic mass is 10.1. The summed E-state index contributed by atoms with van der Waals surface area (Å²) in [5.74, 6) is -1.16. The van der Waals surface area contributed by atoms with Gasteiger partial charge in [0.15, 0.2) is 0 Å². The number of carbonyl (C=O) groups is 2. The van der Waals surface area contributed by atoms with E-state index < -0.39 is 56.9 Å². The largest absolute Gasteiger partial charge is 0.417 e. The van der Waals surface area contributed by atoms with Gasteiger partial charge in [-0.05, 0) is 68.1 Å². The van der Waals surface area contributed by atoms with Crippen molar-refractivity contribution in [1.82, 2.24) is 10.2 Å². The Bertz CT molecular complexity index is 1560. The van der Waals surface area contributed by atoms with Crippen LogP contribution in [0.4, 0.5) is 18.9 Å². The molecule has 43 heavy (non-hydrogen) atoms. The Kier molecular flexibility index (Phi) is 10.1. The first kappa shape index (κ1) is 32.3. The Hall–Kier alpha value is -3.57. The van der Waals surface area contributed by atoms with Crippen molar-refractivity contribution in [2.75, 3.05) is 10.8 Å². The monoisotopic (exact) mass is 635 g/mol. The summed E-state index contributed by atoms with van der Waals surface area (Å²) < 4.78 is 69.6. The van der Waals surface area contributed by atoms with Gasteiger partial charge in [-0.3, -0.25) is 13.9 Å². The van der Waals surface area contributed by atoms with Gasteiger partial charge in [-0.2, -0.15) is 13.2 Å². The van der Waals surface area contributed by atoms with Crippen molar-refractivity contribution in [3.63, 3.8) is 0 Å². The molecule has 1 saturated carbocycles. The summed E-state index contributed by atoms with van der Waals surface area (Å²) in [6, 6.07) is 16.0. The van der Waals surface area contributed by atoms with Crippen molar-refractivity contribution in [1.29, 1.82) is 0 Å². The molecule has 1 unspecified atom stereocenters. The maximum atomic E-state index is 14.0. The van der Waals surface area contributed by atoms with E-state index in [1.165, 1.54) is 29.2 Å². The summed E-state index contributed by atoms with van der Waals surface area (Å²) in [4.78, 5) is 28.4. The number of halogens is 4. The Morgan fingerprint density at radius 1 is 1.00 bits per heavy atom. The number of sulfonamides is 1. The second-order valence-electron chi connectivity index (χ2n) is 10.6. The summed E-state index contributed by atoms with van der Waals surface area (Å²) in [7, 11) is -4.53. The van der Waals surface area contributed by atoms with Crippen LogP contribution in [0.3, 0.4) is 0 Å². The molecule has 7 nitrogen and oxygen atoms in total. The van der Waals surface area contributed by atoms with Crippen LogP contribution in [-0.4, -0.2) is 43.8 Å². The van der Waals surface area contributed by atoms with Gasteiger partial charge in [0.25, 0.3) is 10.0 Å². The van der Waals surface area contributed by atoms with Crippen molar-refractivity contribution < 1.29 is 31.2 Å². The molecule has 3 aromatic carbocycles. The lowest BCUT2D eigenvalue weighted by Gasteiger charge is -2.33. The molecule has 12 heteroatoms. The lowest BCUT2D eigenvalue weighted by Crippen LogP contribution is -2.52. The fraction of sp³-hybridized carbons (Fsp3) is 0.355. The Morgan fingerprint density at radius 2 is 1.63 bits per heavy atom. The van der Waals surface area contributed by atoms with Crippen molar-refractivity contribution in [2.45, 2.75) is 69.2 Å². The minimum Gasteiger partial charge on any atom is -0.352 e. The average Bonchev–Trinajstić information content (AvgIpc) is 3.48. The molecular weight excluding hydrogens is 603 g/mol. The fourth-order valence-electron chi connectivity index (χ4n) is 5.08. The number of anilines is 1. The van der Waals surface area contributed by atoms with Gasteiger partial charge in [-0.15, -0.1) is 0 Å². The summed E-state index contributed by atoms with van der Waals surface area (Å²) in [5.41, 5.74) is -0.0500. The van der Waals surface area contributed by atoms with E-state index in [1.54, 1.807) is 25.1 Å². The highest BCUT2D eigenvalue weighted by Crippen LogP contribution is 2.38. The number of benzene rings is 3. The molecule has 0 heterocycles. The SMILES string of the molecule is Cc1ccccc1CN(C(=O)CN(c1ccc(Cl)c(C(F)(F)F)c1)S(=O)(=O)c1ccccc1)C(C)C(=O)NC1CCCC1. The number of aryl methyl sites for hydroxylation is 1. The molecule has 1 aliphatic carbocycles. The lowest BCUT2D eigenvalue weighted by molar-refractivity contribution is -0.139. The first-order chi connectivity index (χ1) is 20.3. The molecule has 1 fully saturated rings. The van der Waals surface area contributed by atoms with Crippen LogP contribution in [0.1, 0.15) is 49.3 Å². The maximum absolute atomic E-state index is 14.0. The number of nitrogens with zero attached hydrogens (tertiary/aromatic N) is 2. The smallest absolute Gasteiger partial charge is 0.352 e. The van der Waals surface area contributed by atoms with Crippen molar-refractivity contribution in [3.8, 4) is 0 Å². The average molecular weight is 636 g/mol. The molecule has 1 atom stereocenters. The van der Waals surface area contributed by atoms with Crippen molar-refractivity contribution in [2.24, 2.45) is 0 Å². The molecule has 2 amide bonds. The standard InChI is InChI=1S/C31H33ClF3N3O4S/c1-21-10-6-7-11-23(21)19-37(22(2)30(40)36-24-12-8-9-13-24)29(39)20-38(43(41,42)26-14-4-3-5-15-26)25-16-17-28(32)27(18-25)31(33,34)35/h3-7,10-11,14-18,22,24H,8-9,12-13,19-20H2,1-2H3,(H,36,40). The van der Waals surface area contributed by atoms with Crippen molar-refractivity contribution in [3.05, 3.63) is 94.5 Å². The molecule has 1 aliphatic rings. The molecule has 0 aliphatic heterocycles. The molecule has 0 spiro atoms. The number of alkyl halides is 3. The molecule has 3 aromatic rings. The van der Waals surface area contributed by atoms with Crippen molar-refractivity contribution >= 4 is 39.1 Å². The van der Waals surface area contributed by atoms with E-state index in [4.69, 9.17) is 11.6 Å². The normalized spacial score (nSPS) is 14.7. The minimum atomic E-state index is -4.87. The Morgan fingerprint density at radius 3 is 2.26 bits per heavy atom. The third-order valence-electron chi connectivity index (χ3n) is 7.62. The van der Waals surface area contributed by atoms with Gasteiger partial charge in [0.1, 0.15) is 12.6 Å². The zero-order valence-electron chi connectivity index (χ0n) is 23.8.